The molecule has 88 valence electrons. The predicted molar refractivity (Wildman–Crippen MR) is 77.7 cm³/mol. The van der Waals surface area contributed by atoms with Gasteiger partial charge in [0.1, 0.15) is 0 Å². The zero-order chi connectivity index (χ0) is 12.1. The van der Waals surface area contributed by atoms with E-state index in [-0.39, 0.29) is 5.91 Å². The van der Waals surface area contributed by atoms with Gasteiger partial charge in [-0.1, -0.05) is 15.9 Å². The van der Waals surface area contributed by atoms with Gasteiger partial charge in [0.05, 0.1) is 5.56 Å². The summed E-state index contributed by atoms with van der Waals surface area (Å²) in [5.41, 5.74) is 0.752. The standard InChI is InChI=1S/C11H14BrIN2O/c1-14-5-6-15(2)11(16)9-4-3-8(12)7-10(9)13/h3-4,7,14H,5-6H2,1-2H3. The Morgan fingerprint density at radius 1 is 1.56 bits per heavy atom. The molecule has 5 heteroatoms. The van der Waals surface area contributed by atoms with E-state index in [1.54, 1.807) is 4.90 Å². The van der Waals surface area contributed by atoms with Crippen molar-refractivity contribution in [1.82, 2.24) is 10.2 Å². The highest BCUT2D eigenvalue weighted by Crippen LogP contribution is 2.19. The summed E-state index contributed by atoms with van der Waals surface area (Å²) in [6.07, 6.45) is 0. The van der Waals surface area contributed by atoms with Crippen LogP contribution >= 0.6 is 38.5 Å². The van der Waals surface area contributed by atoms with Crippen molar-refractivity contribution in [2.45, 2.75) is 0 Å². The zero-order valence-electron chi connectivity index (χ0n) is 9.26. The van der Waals surface area contributed by atoms with Gasteiger partial charge in [-0.2, -0.15) is 0 Å². The van der Waals surface area contributed by atoms with Crippen molar-refractivity contribution >= 4 is 44.4 Å². The van der Waals surface area contributed by atoms with Crippen molar-refractivity contribution in [1.29, 1.82) is 0 Å². The second-order valence-corrected chi connectivity index (χ2v) is 5.53. The Kier molecular flexibility index (Phi) is 5.71. The van der Waals surface area contributed by atoms with Crippen molar-refractivity contribution in [3.63, 3.8) is 0 Å². The molecule has 1 N–H and O–H groups in total. The molecule has 0 fully saturated rings. The van der Waals surface area contributed by atoms with E-state index in [0.717, 1.165) is 20.2 Å². The molecule has 0 spiro atoms. The summed E-state index contributed by atoms with van der Waals surface area (Å²) in [6, 6.07) is 5.69. The molecule has 0 aromatic heterocycles. The maximum absolute atomic E-state index is 12.1. The van der Waals surface area contributed by atoms with Crippen LogP contribution in [0.2, 0.25) is 0 Å². The summed E-state index contributed by atoms with van der Waals surface area (Å²) in [7, 11) is 3.69. The molecule has 0 atom stereocenters. The lowest BCUT2D eigenvalue weighted by Gasteiger charge is -2.17. The third-order valence-corrected chi connectivity index (χ3v) is 3.59. The second-order valence-electron chi connectivity index (χ2n) is 3.45. The lowest BCUT2D eigenvalue weighted by Crippen LogP contribution is -2.33. The summed E-state index contributed by atoms with van der Waals surface area (Å²) < 4.78 is 1.96. The fraction of sp³-hybridized carbons (Fsp3) is 0.364. The molecule has 0 heterocycles. The largest absolute Gasteiger partial charge is 0.340 e. The highest BCUT2D eigenvalue weighted by molar-refractivity contribution is 14.1. The van der Waals surface area contributed by atoms with Gasteiger partial charge >= 0.3 is 0 Å². The van der Waals surface area contributed by atoms with Crippen LogP contribution in [0.4, 0.5) is 0 Å². The van der Waals surface area contributed by atoms with Gasteiger partial charge < -0.3 is 10.2 Å². The highest BCUT2D eigenvalue weighted by atomic mass is 127. The fourth-order valence-corrected chi connectivity index (χ4v) is 2.78. The molecular weight excluding hydrogens is 383 g/mol. The third kappa shape index (κ3) is 3.71. The number of hydrogen-bond donors (Lipinski definition) is 1. The first-order valence-electron chi connectivity index (χ1n) is 4.91. The summed E-state index contributed by atoms with van der Waals surface area (Å²) in [6.45, 7) is 1.51. The summed E-state index contributed by atoms with van der Waals surface area (Å²) >= 11 is 5.56. The van der Waals surface area contributed by atoms with Crippen molar-refractivity contribution in [2.24, 2.45) is 0 Å². The molecule has 0 saturated carbocycles. The van der Waals surface area contributed by atoms with Gasteiger partial charge in [0, 0.05) is 28.2 Å². The van der Waals surface area contributed by atoms with E-state index in [2.05, 4.69) is 43.8 Å². The van der Waals surface area contributed by atoms with Crippen LogP contribution in [0.1, 0.15) is 10.4 Å². The Labute approximate surface area is 118 Å². The quantitative estimate of drug-likeness (QED) is 0.792. The number of likely N-dealkylation sites (N-methyl/N-ethyl adjacent to an activating group) is 2. The van der Waals surface area contributed by atoms with Crippen molar-refractivity contribution < 1.29 is 4.79 Å². The summed E-state index contributed by atoms with van der Waals surface area (Å²) in [4.78, 5) is 13.8. The minimum Gasteiger partial charge on any atom is -0.340 e. The van der Waals surface area contributed by atoms with E-state index in [9.17, 15) is 4.79 Å². The van der Waals surface area contributed by atoms with Gasteiger partial charge in [-0.15, -0.1) is 0 Å². The molecule has 1 rings (SSSR count). The number of hydrogen-bond acceptors (Lipinski definition) is 2. The first-order chi connectivity index (χ1) is 7.56. The Morgan fingerprint density at radius 2 is 2.25 bits per heavy atom. The lowest BCUT2D eigenvalue weighted by atomic mass is 10.2. The number of halogens is 2. The maximum Gasteiger partial charge on any atom is 0.254 e. The van der Waals surface area contributed by atoms with Crippen LogP contribution in [0.25, 0.3) is 0 Å². The Hall–Kier alpha value is -0.140. The number of nitrogens with one attached hydrogen (secondary N) is 1. The molecule has 1 aromatic carbocycles. The first-order valence-corrected chi connectivity index (χ1v) is 6.78. The molecule has 1 aromatic rings. The number of carbonyl (C=O) groups excluding carboxylic acids is 1. The molecule has 0 aliphatic carbocycles. The van der Waals surface area contributed by atoms with Gasteiger partial charge in [0.25, 0.3) is 5.91 Å². The normalized spacial score (nSPS) is 10.2. The van der Waals surface area contributed by atoms with E-state index < -0.39 is 0 Å². The van der Waals surface area contributed by atoms with Crippen LogP contribution in [-0.4, -0.2) is 38.0 Å². The van der Waals surface area contributed by atoms with E-state index >= 15 is 0 Å². The Morgan fingerprint density at radius 3 is 2.81 bits per heavy atom. The number of benzene rings is 1. The number of rotatable bonds is 4. The van der Waals surface area contributed by atoms with Crippen LogP contribution in [0, 0.1) is 3.57 Å². The minimum absolute atomic E-state index is 0.0622. The van der Waals surface area contributed by atoms with Crippen LogP contribution in [0.15, 0.2) is 22.7 Å². The van der Waals surface area contributed by atoms with Gasteiger partial charge in [-0.25, -0.2) is 0 Å². The molecule has 0 bridgehead atoms. The molecular formula is C11H14BrIN2O. The van der Waals surface area contributed by atoms with Crippen molar-refractivity contribution in [2.75, 3.05) is 27.2 Å². The summed E-state index contributed by atoms with van der Waals surface area (Å²) in [5.74, 6) is 0.0622. The molecule has 3 nitrogen and oxygen atoms in total. The van der Waals surface area contributed by atoms with Crippen LogP contribution in [0.3, 0.4) is 0 Å². The maximum atomic E-state index is 12.1. The van der Waals surface area contributed by atoms with E-state index in [0.29, 0.717) is 6.54 Å². The van der Waals surface area contributed by atoms with Crippen LogP contribution in [0.5, 0.6) is 0 Å². The first kappa shape index (κ1) is 13.9. The van der Waals surface area contributed by atoms with Crippen LogP contribution in [-0.2, 0) is 0 Å². The van der Waals surface area contributed by atoms with E-state index in [1.807, 2.05) is 32.3 Å². The smallest absolute Gasteiger partial charge is 0.254 e. The zero-order valence-corrected chi connectivity index (χ0v) is 13.0. The van der Waals surface area contributed by atoms with Crippen molar-refractivity contribution in [3.05, 3.63) is 31.8 Å². The molecule has 0 saturated heterocycles. The Bertz CT molecular complexity index is 384. The third-order valence-electron chi connectivity index (χ3n) is 2.21. The minimum atomic E-state index is 0.0622. The lowest BCUT2D eigenvalue weighted by molar-refractivity contribution is 0.0796. The van der Waals surface area contributed by atoms with Gasteiger partial charge in [-0.3, -0.25) is 4.79 Å². The van der Waals surface area contributed by atoms with Gasteiger partial charge in [0.15, 0.2) is 0 Å². The molecule has 1 amide bonds. The van der Waals surface area contributed by atoms with E-state index in [4.69, 9.17) is 0 Å². The van der Waals surface area contributed by atoms with Crippen LogP contribution < -0.4 is 5.32 Å². The molecule has 16 heavy (non-hydrogen) atoms. The van der Waals surface area contributed by atoms with E-state index in [1.165, 1.54) is 0 Å². The topological polar surface area (TPSA) is 32.3 Å². The number of carbonyl (C=O) groups is 1. The molecule has 0 aliphatic rings. The van der Waals surface area contributed by atoms with Crippen molar-refractivity contribution in [3.8, 4) is 0 Å². The SMILES string of the molecule is CNCCN(C)C(=O)c1ccc(Br)cc1I. The van der Waals surface area contributed by atoms with Gasteiger partial charge in [0.2, 0.25) is 0 Å². The fourth-order valence-electron chi connectivity index (χ4n) is 1.25. The molecule has 0 radical (unpaired) electrons. The summed E-state index contributed by atoms with van der Waals surface area (Å²) in [5, 5.41) is 3.03. The predicted octanol–water partition coefficient (Wildman–Crippen LogP) is 2.35. The second kappa shape index (κ2) is 6.56. The average Bonchev–Trinajstić information content (AvgIpc) is 2.25. The monoisotopic (exact) mass is 396 g/mol. The van der Waals surface area contributed by atoms with Gasteiger partial charge in [-0.05, 0) is 47.8 Å². The molecule has 0 aliphatic heterocycles. The molecule has 0 unspecified atom stereocenters. The highest BCUT2D eigenvalue weighted by Gasteiger charge is 2.14. The Balaban J connectivity index is 2.79. The number of nitrogens with zero attached hydrogens (tertiary/aromatic N) is 1. The average molecular weight is 397 g/mol. The number of amides is 1.